The molecule has 1 aromatic carbocycles. The molecule has 0 saturated carbocycles. The van der Waals surface area contributed by atoms with Crippen molar-refractivity contribution >= 4 is 10.9 Å². The van der Waals surface area contributed by atoms with Gasteiger partial charge in [-0.05, 0) is 31.4 Å². The van der Waals surface area contributed by atoms with Gasteiger partial charge in [-0.15, -0.1) is 0 Å². The van der Waals surface area contributed by atoms with Gasteiger partial charge in [0.1, 0.15) is 5.75 Å². The molecule has 0 aliphatic heterocycles. The van der Waals surface area contributed by atoms with Gasteiger partial charge in [-0.3, -0.25) is 4.79 Å². The summed E-state index contributed by atoms with van der Waals surface area (Å²) < 4.78 is 19.4. The van der Waals surface area contributed by atoms with Crippen molar-refractivity contribution in [1.82, 2.24) is 4.57 Å². The molecule has 5 nitrogen and oxygen atoms in total. The van der Waals surface area contributed by atoms with E-state index < -0.39 is 0 Å². The highest BCUT2D eigenvalue weighted by Crippen LogP contribution is 2.34. The van der Waals surface area contributed by atoms with Crippen LogP contribution in [-0.4, -0.2) is 24.9 Å². The molecule has 5 heteroatoms. The number of ether oxygens (including phenoxy) is 3. The highest BCUT2D eigenvalue weighted by atomic mass is 16.5. The summed E-state index contributed by atoms with van der Waals surface area (Å²) in [5, 5.41) is 0.886. The lowest BCUT2D eigenvalue weighted by Gasteiger charge is -2.18. The van der Waals surface area contributed by atoms with E-state index in [0.717, 1.165) is 48.8 Å². The molecule has 0 unspecified atom stereocenters. The van der Waals surface area contributed by atoms with Gasteiger partial charge in [0.2, 0.25) is 5.75 Å². The number of benzene rings is 1. The molecule has 0 aliphatic rings. The number of fused-ring (bicyclic) bond motifs is 1. The molecule has 0 saturated heterocycles. The molecule has 0 radical (unpaired) electrons. The van der Waals surface area contributed by atoms with E-state index in [1.165, 1.54) is 32.1 Å². The second-order valence-electron chi connectivity index (χ2n) is 8.17. The van der Waals surface area contributed by atoms with E-state index in [0.29, 0.717) is 31.3 Å². The fraction of sp³-hybridized carbons (Fsp3) is 0.654. The number of aryl methyl sites for hydroxylation is 1. The number of hydrogen-bond donors (Lipinski definition) is 0. The third-order valence-electron chi connectivity index (χ3n) is 5.60. The van der Waals surface area contributed by atoms with Crippen LogP contribution in [0.25, 0.3) is 10.9 Å². The minimum Gasteiger partial charge on any atom is -0.494 e. The SMILES string of the molecule is CCCCCCCCOc1ccc2c(OC)c(OCCCC)c(=O)n(CCCC)c2c1. The Morgan fingerprint density at radius 3 is 2.16 bits per heavy atom. The van der Waals surface area contributed by atoms with E-state index in [4.69, 9.17) is 14.2 Å². The first-order valence-corrected chi connectivity index (χ1v) is 12.2. The van der Waals surface area contributed by atoms with Crippen LogP contribution < -0.4 is 19.8 Å². The minimum absolute atomic E-state index is 0.123. The van der Waals surface area contributed by atoms with Crippen LogP contribution >= 0.6 is 0 Å². The molecule has 0 fully saturated rings. The maximum Gasteiger partial charge on any atom is 0.297 e. The second kappa shape index (κ2) is 14.0. The lowest BCUT2D eigenvalue weighted by Crippen LogP contribution is -2.24. The van der Waals surface area contributed by atoms with Crippen LogP contribution in [0.3, 0.4) is 0 Å². The summed E-state index contributed by atoms with van der Waals surface area (Å²) in [6.07, 6.45) is 11.3. The molecule has 1 heterocycles. The largest absolute Gasteiger partial charge is 0.494 e. The van der Waals surface area contributed by atoms with Gasteiger partial charge in [-0.2, -0.15) is 0 Å². The predicted molar refractivity (Wildman–Crippen MR) is 129 cm³/mol. The van der Waals surface area contributed by atoms with Gasteiger partial charge in [0.15, 0.2) is 5.75 Å². The first-order valence-electron chi connectivity index (χ1n) is 12.2. The summed E-state index contributed by atoms with van der Waals surface area (Å²) in [6, 6.07) is 5.92. The Morgan fingerprint density at radius 2 is 1.45 bits per heavy atom. The van der Waals surface area contributed by atoms with Gasteiger partial charge >= 0.3 is 0 Å². The lowest BCUT2D eigenvalue weighted by atomic mass is 10.1. The second-order valence-corrected chi connectivity index (χ2v) is 8.17. The molecule has 2 aromatic rings. The molecule has 0 amide bonds. The van der Waals surface area contributed by atoms with Crippen LogP contribution in [-0.2, 0) is 6.54 Å². The fourth-order valence-electron chi connectivity index (χ4n) is 3.73. The summed E-state index contributed by atoms with van der Waals surface area (Å²) in [5.41, 5.74) is 0.723. The molecule has 0 spiro atoms. The Kier molecular flexibility index (Phi) is 11.3. The van der Waals surface area contributed by atoms with Crippen molar-refractivity contribution in [1.29, 1.82) is 0 Å². The topological polar surface area (TPSA) is 49.7 Å². The highest BCUT2D eigenvalue weighted by Gasteiger charge is 2.19. The van der Waals surface area contributed by atoms with Crippen LogP contribution in [0.2, 0.25) is 0 Å². The molecule has 174 valence electrons. The predicted octanol–water partition coefficient (Wildman–Crippen LogP) is 6.73. The van der Waals surface area contributed by atoms with Crippen LogP contribution in [0, 0.1) is 0 Å². The minimum atomic E-state index is -0.123. The van der Waals surface area contributed by atoms with Crippen molar-refractivity contribution in [2.24, 2.45) is 0 Å². The Hall–Kier alpha value is -2.17. The molecule has 31 heavy (non-hydrogen) atoms. The quantitative estimate of drug-likeness (QED) is 0.277. The standard InChI is InChI=1S/C26H41NO4/c1-5-8-11-12-13-14-19-30-21-15-16-22-23(20-21)27(17-9-6-2)26(28)25(24(22)29-4)31-18-10-7-3/h15-16,20H,5-14,17-19H2,1-4H3. The third-order valence-corrected chi connectivity index (χ3v) is 5.60. The zero-order valence-corrected chi connectivity index (χ0v) is 20.0. The zero-order valence-electron chi connectivity index (χ0n) is 20.0. The summed E-state index contributed by atoms with van der Waals surface area (Å²) >= 11 is 0. The first kappa shape index (κ1) is 25.1. The molecular formula is C26H41NO4. The van der Waals surface area contributed by atoms with Crippen LogP contribution in [0.5, 0.6) is 17.2 Å². The number of nitrogens with zero attached hydrogens (tertiary/aromatic N) is 1. The first-order chi connectivity index (χ1) is 15.2. The van der Waals surface area contributed by atoms with Crippen LogP contribution in [0.15, 0.2) is 23.0 Å². The molecule has 0 N–H and O–H groups in total. The Balaban J connectivity index is 2.27. The van der Waals surface area contributed by atoms with E-state index in [9.17, 15) is 4.79 Å². The lowest BCUT2D eigenvalue weighted by molar-refractivity contribution is 0.283. The van der Waals surface area contributed by atoms with E-state index in [2.05, 4.69) is 20.8 Å². The molecule has 2 rings (SSSR count). The van der Waals surface area contributed by atoms with Crippen LogP contribution in [0.1, 0.15) is 85.0 Å². The Labute approximate surface area is 187 Å². The maximum atomic E-state index is 13.3. The van der Waals surface area contributed by atoms with Gasteiger partial charge in [0.25, 0.3) is 5.56 Å². The molecular weight excluding hydrogens is 390 g/mol. The van der Waals surface area contributed by atoms with Crippen molar-refractivity contribution in [3.63, 3.8) is 0 Å². The van der Waals surface area contributed by atoms with Gasteiger partial charge in [0, 0.05) is 18.0 Å². The summed E-state index contributed by atoms with van der Waals surface area (Å²) in [7, 11) is 1.60. The van der Waals surface area contributed by atoms with Crippen molar-refractivity contribution in [2.45, 2.75) is 91.5 Å². The van der Waals surface area contributed by atoms with E-state index >= 15 is 0 Å². The number of rotatable bonds is 16. The van der Waals surface area contributed by atoms with Gasteiger partial charge < -0.3 is 18.8 Å². The Bertz CT molecular complexity index is 843. The van der Waals surface area contributed by atoms with Crippen molar-refractivity contribution in [2.75, 3.05) is 20.3 Å². The Morgan fingerprint density at radius 1 is 0.774 bits per heavy atom. The van der Waals surface area contributed by atoms with Gasteiger partial charge in [0.05, 0.1) is 25.8 Å². The molecule has 1 aromatic heterocycles. The normalized spacial score (nSPS) is 11.1. The molecule has 0 bridgehead atoms. The zero-order chi connectivity index (χ0) is 22.5. The number of unbranched alkanes of at least 4 members (excludes halogenated alkanes) is 7. The summed E-state index contributed by atoms with van der Waals surface area (Å²) in [6.45, 7) is 8.34. The third kappa shape index (κ3) is 7.19. The molecule has 0 atom stereocenters. The summed E-state index contributed by atoms with van der Waals surface area (Å²) in [4.78, 5) is 13.3. The fourth-order valence-corrected chi connectivity index (χ4v) is 3.73. The number of aromatic nitrogens is 1. The average Bonchev–Trinajstić information content (AvgIpc) is 2.78. The molecule has 0 aliphatic carbocycles. The van der Waals surface area contributed by atoms with E-state index in [1.807, 2.05) is 22.8 Å². The number of hydrogen-bond acceptors (Lipinski definition) is 4. The monoisotopic (exact) mass is 431 g/mol. The van der Waals surface area contributed by atoms with Crippen LogP contribution in [0.4, 0.5) is 0 Å². The smallest absolute Gasteiger partial charge is 0.297 e. The van der Waals surface area contributed by atoms with E-state index in [-0.39, 0.29) is 5.56 Å². The number of pyridine rings is 1. The highest BCUT2D eigenvalue weighted by molar-refractivity contribution is 5.89. The van der Waals surface area contributed by atoms with Crippen molar-refractivity contribution in [3.8, 4) is 17.2 Å². The van der Waals surface area contributed by atoms with Gasteiger partial charge in [-0.25, -0.2) is 0 Å². The number of methoxy groups -OCH3 is 1. The summed E-state index contributed by atoms with van der Waals surface area (Å²) in [5.74, 6) is 1.64. The van der Waals surface area contributed by atoms with Gasteiger partial charge in [-0.1, -0.05) is 65.7 Å². The maximum absolute atomic E-state index is 13.3. The van der Waals surface area contributed by atoms with Crippen molar-refractivity contribution in [3.05, 3.63) is 28.6 Å². The van der Waals surface area contributed by atoms with Crippen molar-refractivity contribution < 1.29 is 14.2 Å². The average molecular weight is 432 g/mol. The van der Waals surface area contributed by atoms with E-state index in [1.54, 1.807) is 7.11 Å².